The van der Waals surface area contributed by atoms with Crippen LogP contribution in [0, 0.1) is 0 Å². The average molecular weight is 263 g/mol. The third-order valence-corrected chi connectivity index (χ3v) is 3.62. The molecule has 1 heterocycles. The normalized spacial score (nSPS) is 17.2. The number of aldehydes is 1. The number of likely N-dealkylation sites (tertiary alicyclic amines) is 1. The lowest BCUT2D eigenvalue weighted by Gasteiger charge is -2.31. The Hall–Kier alpha value is -1.55. The summed E-state index contributed by atoms with van der Waals surface area (Å²) in [5.41, 5.74) is 0.553. The van der Waals surface area contributed by atoms with Gasteiger partial charge in [-0.1, -0.05) is 13.0 Å². The van der Waals surface area contributed by atoms with Crippen molar-refractivity contribution in [2.24, 2.45) is 0 Å². The Balaban J connectivity index is 2.08. The molecule has 1 saturated heterocycles. The highest BCUT2D eigenvalue weighted by Gasteiger charge is 2.22. The Bertz CT molecular complexity index is 425. The van der Waals surface area contributed by atoms with Crippen molar-refractivity contribution < 1.29 is 14.3 Å². The predicted molar refractivity (Wildman–Crippen MR) is 74.1 cm³/mol. The minimum absolute atomic E-state index is 0.165. The first-order valence-corrected chi connectivity index (χ1v) is 6.79. The van der Waals surface area contributed by atoms with Crippen molar-refractivity contribution in [2.45, 2.75) is 25.9 Å². The van der Waals surface area contributed by atoms with Crippen molar-refractivity contribution in [3.8, 4) is 11.5 Å². The maximum absolute atomic E-state index is 11.1. The number of hydrogen-bond donors (Lipinski definition) is 0. The van der Waals surface area contributed by atoms with E-state index < -0.39 is 0 Å². The molecule has 0 spiro atoms. The quantitative estimate of drug-likeness (QED) is 0.765. The van der Waals surface area contributed by atoms with Gasteiger partial charge in [-0.15, -0.1) is 0 Å². The topological polar surface area (TPSA) is 38.8 Å². The lowest BCUT2D eigenvalue weighted by molar-refractivity contribution is 0.0979. The molecule has 1 aromatic carbocycles. The van der Waals surface area contributed by atoms with Crippen LogP contribution in [0.1, 0.15) is 30.1 Å². The summed E-state index contributed by atoms with van der Waals surface area (Å²) in [4.78, 5) is 13.5. The largest absolute Gasteiger partial charge is 0.493 e. The number of ether oxygens (including phenoxy) is 2. The molecule has 1 aromatic rings. The number of carbonyl (C=O) groups is 1. The molecule has 4 heteroatoms. The summed E-state index contributed by atoms with van der Waals surface area (Å²) in [5.74, 6) is 1.21. The van der Waals surface area contributed by atoms with Crippen LogP contribution in [0.25, 0.3) is 0 Å². The second-order valence-corrected chi connectivity index (χ2v) is 4.75. The van der Waals surface area contributed by atoms with Crippen molar-refractivity contribution >= 4 is 6.29 Å². The molecular weight excluding hydrogens is 242 g/mol. The first-order valence-electron chi connectivity index (χ1n) is 6.79. The van der Waals surface area contributed by atoms with E-state index in [0.29, 0.717) is 17.1 Å². The molecule has 0 unspecified atom stereocenters. The minimum Gasteiger partial charge on any atom is -0.493 e. The summed E-state index contributed by atoms with van der Waals surface area (Å²) in [7, 11) is 1.59. The van der Waals surface area contributed by atoms with Crippen molar-refractivity contribution in [1.82, 2.24) is 4.90 Å². The molecule has 19 heavy (non-hydrogen) atoms. The summed E-state index contributed by atoms with van der Waals surface area (Å²) < 4.78 is 11.3. The van der Waals surface area contributed by atoms with Gasteiger partial charge in [0.1, 0.15) is 6.10 Å². The number of piperidine rings is 1. The molecule has 0 amide bonds. The highest BCUT2D eigenvalue weighted by molar-refractivity contribution is 5.81. The van der Waals surface area contributed by atoms with Gasteiger partial charge in [0.15, 0.2) is 17.8 Å². The van der Waals surface area contributed by atoms with Gasteiger partial charge in [0.25, 0.3) is 0 Å². The van der Waals surface area contributed by atoms with Gasteiger partial charge < -0.3 is 14.4 Å². The van der Waals surface area contributed by atoms with Gasteiger partial charge in [0.05, 0.1) is 12.7 Å². The number of carbonyl (C=O) groups excluding carboxylic acids is 1. The van der Waals surface area contributed by atoms with Gasteiger partial charge in [-0.2, -0.15) is 0 Å². The molecule has 1 aliphatic rings. The molecule has 0 atom stereocenters. The van der Waals surface area contributed by atoms with E-state index in [2.05, 4.69) is 11.8 Å². The van der Waals surface area contributed by atoms with Crippen LogP contribution < -0.4 is 9.47 Å². The van der Waals surface area contributed by atoms with Crippen LogP contribution in [0.15, 0.2) is 18.2 Å². The second kappa shape index (κ2) is 6.57. The van der Waals surface area contributed by atoms with E-state index in [0.717, 1.165) is 38.8 Å². The van der Waals surface area contributed by atoms with Gasteiger partial charge in [-0.05, 0) is 31.5 Å². The zero-order valence-corrected chi connectivity index (χ0v) is 11.6. The second-order valence-electron chi connectivity index (χ2n) is 4.75. The molecule has 0 bridgehead atoms. The fourth-order valence-corrected chi connectivity index (χ4v) is 2.42. The van der Waals surface area contributed by atoms with Gasteiger partial charge in [-0.3, -0.25) is 4.79 Å². The highest BCUT2D eigenvalue weighted by Crippen LogP contribution is 2.32. The van der Waals surface area contributed by atoms with Crippen LogP contribution in [-0.4, -0.2) is 44.0 Å². The Labute approximate surface area is 114 Å². The van der Waals surface area contributed by atoms with Gasteiger partial charge >= 0.3 is 0 Å². The van der Waals surface area contributed by atoms with Crippen molar-refractivity contribution in [3.05, 3.63) is 23.8 Å². The van der Waals surface area contributed by atoms with Crippen LogP contribution in [0.5, 0.6) is 11.5 Å². The smallest absolute Gasteiger partial charge is 0.172 e. The molecule has 0 aromatic heterocycles. The highest BCUT2D eigenvalue weighted by atomic mass is 16.5. The third kappa shape index (κ3) is 3.26. The number of rotatable bonds is 5. The molecule has 0 N–H and O–H groups in total. The van der Waals surface area contributed by atoms with Crippen LogP contribution >= 0.6 is 0 Å². The summed E-state index contributed by atoms with van der Waals surface area (Å²) in [6.45, 7) is 5.35. The lowest BCUT2D eigenvalue weighted by Crippen LogP contribution is -2.38. The zero-order valence-electron chi connectivity index (χ0n) is 11.6. The molecule has 1 aliphatic heterocycles. The molecule has 0 saturated carbocycles. The lowest BCUT2D eigenvalue weighted by atomic mass is 10.1. The monoisotopic (exact) mass is 263 g/mol. The molecule has 0 aliphatic carbocycles. The fourth-order valence-electron chi connectivity index (χ4n) is 2.42. The fraction of sp³-hybridized carbons (Fsp3) is 0.533. The van der Waals surface area contributed by atoms with E-state index in [1.807, 2.05) is 6.07 Å². The van der Waals surface area contributed by atoms with Crippen molar-refractivity contribution in [2.75, 3.05) is 26.7 Å². The Morgan fingerprint density at radius 2 is 2.11 bits per heavy atom. The molecule has 2 rings (SSSR count). The van der Waals surface area contributed by atoms with E-state index in [1.54, 1.807) is 19.2 Å². The Morgan fingerprint density at radius 1 is 1.37 bits per heavy atom. The minimum atomic E-state index is 0.165. The van der Waals surface area contributed by atoms with Crippen LogP contribution in [0.2, 0.25) is 0 Å². The third-order valence-electron chi connectivity index (χ3n) is 3.62. The first kappa shape index (κ1) is 13.9. The van der Waals surface area contributed by atoms with Crippen molar-refractivity contribution in [3.63, 3.8) is 0 Å². The van der Waals surface area contributed by atoms with Gasteiger partial charge in [-0.25, -0.2) is 0 Å². The number of methoxy groups -OCH3 is 1. The maximum Gasteiger partial charge on any atom is 0.172 e. The standard InChI is InChI=1S/C15H21NO3/c1-3-16-9-7-13(8-10-16)19-15-12(11-17)5-4-6-14(15)18-2/h4-6,11,13H,3,7-10H2,1-2H3. The first-order chi connectivity index (χ1) is 9.28. The Morgan fingerprint density at radius 3 is 2.68 bits per heavy atom. The summed E-state index contributed by atoms with van der Waals surface area (Å²) in [6.07, 6.45) is 2.96. The SMILES string of the molecule is CCN1CCC(Oc2c(C=O)cccc2OC)CC1. The Kier molecular flexibility index (Phi) is 4.80. The predicted octanol–water partition coefficient (Wildman–Crippen LogP) is 2.37. The molecule has 0 radical (unpaired) electrons. The van der Waals surface area contributed by atoms with E-state index >= 15 is 0 Å². The summed E-state index contributed by atoms with van der Waals surface area (Å²) in [5, 5.41) is 0. The zero-order chi connectivity index (χ0) is 13.7. The number of hydrogen-bond acceptors (Lipinski definition) is 4. The van der Waals surface area contributed by atoms with E-state index in [-0.39, 0.29) is 6.10 Å². The molecule has 1 fully saturated rings. The van der Waals surface area contributed by atoms with E-state index in [4.69, 9.17) is 9.47 Å². The van der Waals surface area contributed by atoms with Gasteiger partial charge in [0, 0.05) is 13.1 Å². The molecule has 104 valence electrons. The average Bonchev–Trinajstić information content (AvgIpc) is 2.48. The summed E-state index contributed by atoms with van der Waals surface area (Å²) >= 11 is 0. The van der Waals surface area contributed by atoms with Crippen LogP contribution in [0.4, 0.5) is 0 Å². The van der Waals surface area contributed by atoms with Crippen molar-refractivity contribution in [1.29, 1.82) is 0 Å². The summed E-state index contributed by atoms with van der Waals surface area (Å²) in [6, 6.07) is 5.38. The maximum atomic E-state index is 11.1. The van der Waals surface area contributed by atoms with Gasteiger partial charge in [0.2, 0.25) is 0 Å². The molecule has 4 nitrogen and oxygen atoms in total. The number of nitrogens with zero attached hydrogens (tertiary/aromatic N) is 1. The molecular formula is C15H21NO3. The number of benzene rings is 1. The van der Waals surface area contributed by atoms with E-state index in [1.165, 1.54) is 0 Å². The van der Waals surface area contributed by atoms with Crippen LogP contribution in [-0.2, 0) is 0 Å². The van der Waals surface area contributed by atoms with E-state index in [9.17, 15) is 4.79 Å². The van der Waals surface area contributed by atoms with Crippen LogP contribution in [0.3, 0.4) is 0 Å². The number of para-hydroxylation sites is 1.